The van der Waals surface area contributed by atoms with Crippen LogP contribution in [0.1, 0.15) is 64.1 Å². The third-order valence-electron chi connectivity index (χ3n) is 6.32. The molecule has 2 heterocycles. The first-order chi connectivity index (χ1) is 13.0. The molecular weight excluding hydrogens is 340 g/mol. The van der Waals surface area contributed by atoms with Crippen LogP contribution in [-0.4, -0.2) is 62.6 Å². The van der Waals surface area contributed by atoms with E-state index in [-0.39, 0.29) is 5.91 Å². The third kappa shape index (κ3) is 5.11. The molecule has 0 bridgehead atoms. The molecule has 0 spiro atoms. The Morgan fingerprint density at radius 1 is 1.30 bits per heavy atom. The molecule has 1 saturated heterocycles. The lowest BCUT2D eigenvalue weighted by atomic mass is 9.86. The maximum Gasteiger partial charge on any atom is 0.255 e. The number of piperidine rings is 1. The van der Waals surface area contributed by atoms with Crippen LogP contribution in [0.2, 0.25) is 0 Å². The highest BCUT2D eigenvalue weighted by Gasteiger charge is 2.42. The zero-order valence-corrected chi connectivity index (χ0v) is 17.1. The van der Waals surface area contributed by atoms with E-state index in [2.05, 4.69) is 16.5 Å². The van der Waals surface area contributed by atoms with Crippen molar-refractivity contribution in [3.63, 3.8) is 0 Å². The van der Waals surface area contributed by atoms with Gasteiger partial charge in [0.1, 0.15) is 5.82 Å². The normalized spacial score (nSPS) is 24.7. The SMILES string of the molecule is CCn1ccnc1CN(C)CC1(O)CCCN(CCC2CCCCC2)C1=O. The summed E-state index contributed by atoms with van der Waals surface area (Å²) in [5.41, 5.74) is -1.26. The minimum atomic E-state index is -1.26. The van der Waals surface area contributed by atoms with Gasteiger partial charge in [0.25, 0.3) is 5.91 Å². The first kappa shape index (κ1) is 20.3. The maximum atomic E-state index is 13.0. The van der Waals surface area contributed by atoms with Gasteiger partial charge in [-0.1, -0.05) is 32.1 Å². The number of likely N-dealkylation sites (N-methyl/N-ethyl adjacent to an activating group) is 1. The van der Waals surface area contributed by atoms with Crippen molar-refractivity contribution in [2.75, 3.05) is 26.7 Å². The van der Waals surface area contributed by atoms with Crippen molar-refractivity contribution in [2.24, 2.45) is 5.92 Å². The fourth-order valence-corrected chi connectivity index (χ4v) is 4.76. The predicted octanol–water partition coefficient (Wildman–Crippen LogP) is 2.66. The van der Waals surface area contributed by atoms with Gasteiger partial charge < -0.3 is 14.6 Å². The molecule has 1 amide bonds. The molecule has 1 unspecified atom stereocenters. The van der Waals surface area contributed by atoms with E-state index in [0.717, 1.165) is 44.2 Å². The lowest BCUT2D eigenvalue weighted by Crippen LogP contribution is -2.58. The lowest BCUT2D eigenvalue weighted by molar-refractivity contribution is -0.159. The Morgan fingerprint density at radius 3 is 2.81 bits per heavy atom. The largest absolute Gasteiger partial charge is 0.379 e. The highest BCUT2D eigenvalue weighted by Crippen LogP contribution is 2.29. The van der Waals surface area contributed by atoms with Crippen molar-refractivity contribution in [1.82, 2.24) is 19.4 Å². The van der Waals surface area contributed by atoms with Crippen LogP contribution in [0.25, 0.3) is 0 Å². The molecule has 2 aliphatic rings. The van der Waals surface area contributed by atoms with E-state index in [0.29, 0.717) is 19.5 Å². The smallest absolute Gasteiger partial charge is 0.255 e. The molecule has 27 heavy (non-hydrogen) atoms. The summed E-state index contributed by atoms with van der Waals surface area (Å²) in [6, 6.07) is 0. The van der Waals surface area contributed by atoms with Gasteiger partial charge in [0.2, 0.25) is 0 Å². The Hall–Kier alpha value is -1.40. The quantitative estimate of drug-likeness (QED) is 0.758. The summed E-state index contributed by atoms with van der Waals surface area (Å²) in [6.45, 7) is 5.56. The predicted molar refractivity (Wildman–Crippen MR) is 106 cm³/mol. The van der Waals surface area contributed by atoms with Crippen molar-refractivity contribution >= 4 is 5.91 Å². The summed E-state index contributed by atoms with van der Waals surface area (Å²) in [6.07, 6.45) is 12.9. The maximum absolute atomic E-state index is 13.0. The summed E-state index contributed by atoms with van der Waals surface area (Å²) >= 11 is 0. The molecule has 1 aromatic rings. The Kier molecular flexibility index (Phi) is 6.93. The van der Waals surface area contributed by atoms with Gasteiger partial charge in [0.15, 0.2) is 5.60 Å². The molecule has 0 radical (unpaired) electrons. The number of carbonyl (C=O) groups excluding carboxylic acids is 1. The van der Waals surface area contributed by atoms with E-state index < -0.39 is 5.60 Å². The number of aromatic nitrogens is 2. The van der Waals surface area contributed by atoms with Crippen LogP contribution in [0, 0.1) is 5.92 Å². The topological polar surface area (TPSA) is 61.6 Å². The minimum Gasteiger partial charge on any atom is -0.379 e. The van der Waals surface area contributed by atoms with Crippen LogP contribution >= 0.6 is 0 Å². The average molecular weight is 377 g/mol. The average Bonchev–Trinajstić information content (AvgIpc) is 3.10. The number of likely N-dealkylation sites (tertiary alicyclic amines) is 1. The van der Waals surface area contributed by atoms with E-state index in [1.165, 1.54) is 32.1 Å². The highest BCUT2D eigenvalue weighted by atomic mass is 16.3. The third-order valence-corrected chi connectivity index (χ3v) is 6.32. The Bertz CT molecular complexity index is 611. The van der Waals surface area contributed by atoms with E-state index in [1.807, 2.05) is 23.0 Å². The van der Waals surface area contributed by atoms with E-state index in [4.69, 9.17) is 0 Å². The van der Waals surface area contributed by atoms with Crippen molar-refractivity contribution < 1.29 is 9.90 Å². The number of nitrogens with zero attached hydrogens (tertiary/aromatic N) is 4. The standard InChI is InChI=1S/C21H36N4O2/c1-3-24-15-12-22-19(24)16-23(2)17-21(27)11-7-13-25(20(21)26)14-10-18-8-5-4-6-9-18/h12,15,18,27H,3-11,13-14,16-17H2,1-2H3. The van der Waals surface area contributed by atoms with Crippen LogP contribution < -0.4 is 0 Å². The number of carbonyl (C=O) groups is 1. The molecule has 3 rings (SSSR count). The second-order valence-corrected chi connectivity index (χ2v) is 8.52. The summed E-state index contributed by atoms with van der Waals surface area (Å²) in [7, 11) is 1.96. The summed E-state index contributed by atoms with van der Waals surface area (Å²) in [4.78, 5) is 21.4. The number of hydrogen-bond donors (Lipinski definition) is 1. The summed E-state index contributed by atoms with van der Waals surface area (Å²) in [5.74, 6) is 1.66. The zero-order chi connectivity index (χ0) is 19.3. The number of aliphatic hydroxyl groups is 1. The van der Waals surface area contributed by atoms with Gasteiger partial charge >= 0.3 is 0 Å². The van der Waals surface area contributed by atoms with Crippen molar-refractivity contribution in [3.05, 3.63) is 18.2 Å². The van der Waals surface area contributed by atoms with Crippen LogP contribution in [-0.2, 0) is 17.9 Å². The summed E-state index contributed by atoms with van der Waals surface area (Å²) < 4.78 is 2.10. The zero-order valence-electron chi connectivity index (χ0n) is 17.1. The molecule has 1 aliphatic carbocycles. The van der Waals surface area contributed by atoms with E-state index in [1.54, 1.807) is 6.20 Å². The molecule has 1 N–H and O–H groups in total. The molecule has 2 fully saturated rings. The first-order valence-corrected chi connectivity index (χ1v) is 10.7. The molecule has 1 aromatic heterocycles. The van der Waals surface area contributed by atoms with Crippen LogP contribution in [0.4, 0.5) is 0 Å². The van der Waals surface area contributed by atoms with Crippen LogP contribution in [0.5, 0.6) is 0 Å². The van der Waals surface area contributed by atoms with Gasteiger partial charge in [-0.15, -0.1) is 0 Å². The molecule has 1 saturated carbocycles. The molecular formula is C21H36N4O2. The second kappa shape index (κ2) is 9.20. The molecule has 1 atom stereocenters. The molecule has 152 valence electrons. The molecule has 0 aromatic carbocycles. The number of rotatable bonds is 8. The van der Waals surface area contributed by atoms with Gasteiger partial charge in [-0.25, -0.2) is 4.98 Å². The van der Waals surface area contributed by atoms with Gasteiger partial charge in [-0.2, -0.15) is 0 Å². The van der Waals surface area contributed by atoms with Crippen LogP contribution in [0.3, 0.4) is 0 Å². The second-order valence-electron chi connectivity index (χ2n) is 8.52. The van der Waals surface area contributed by atoms with Gasteiger partial charge in [-0.3, -0.25) is 9.69 Å². The fourth-order valence-electron chi connectivity index (χ4n) is 4.76. The Labute approximate surface area is 163 Å². The van der Waals surface area contributed by atoms with Crippen molar-refractivity contribution in [1.29, 1.82) is 0 Å². The van der Waals surface area contributed by atoms with E-state index >= 15 is 0 Å². The van der Waals surface area contributed by atoms with E-state index in [9.17, 15) is 9.90 Å². The van der Waals surface area contributed by atoms with Gasteiger partial charge in [-0.05, 0) is 39.2 Å². The molecule has 1 aliphatic heterocycles. The lowest BCUT2D eigenvalue weighted by Gasteiger charge is -2.40. The van der Waals surface area contributed by atoms with Gasteiger partial charge in [0.05, 0.1) is 6.54 Å². The Balaban J connectivity index is 1.54. The number of amides is 1. The minimum absolute atomic E-state index is 0.0738. The molecule has 6 nitrogen and oxygen atoms in total. The molecule has 6 heteroatoms. The first-order valence-electron chi connectivity index (χ1n) is 10.7. The number of hydrogen-bond acceptors (Lipinski definition) is 4. The van der Waals surface area contributed by atoms with Crippen molar-refractivity contribution in [2.45, 2.75) is 77.0 Å². The fraction of sp³-hybridized carbons (Fsp3) is 0.810. The highest BCUT2D eigenvalue weighted by molar-refractivity contribution is 5.86. The van der Waals surface area contributed by atoms with Crippen molar-refractivity contribution in [3.8, 4) is 0 Å². The number of imidazole rings is 1. The number of aryl methyl sites for hydroxylation is 1. The monoisotopic (exact) mass is 376 g/mol. The summed E-state index contributed by atoms with van der Waals surface area (Å²) in [5, 5.41) is 11.1. The van der Waals surface area contributed by atoms with Crippen LogP contribution in [0.15, 0.2) is 12.4 Å². The Morgan fingerprint density at radius 2 is 2.07 bits per heavy atom. The van der Waals surface area contributed by atoms with Gasteiger partial charge in [0, 0.05) is 38.6 Å².